The molecule has 0 saturated carbocycles. The Hall–Kier alpha value is -1.57. The molecule has 14 heavy (non-hydrogen) atoms. The lowest BCUT2D eigenvalue weighted by Gasteiger charge is -2.09. The van der Waals surface area contributed by atoms with Crippen LogP contribution in [0, 0.1) is 24.2 Å². The monoisotopic (exact) mass is 200 g/mol. The first-order valence-electron chi connectivity index (χ1n) is 3.87. The van der Waals surface area contributed by atoms with Crippen LogP contribution in [0.5, 0.6) is 0 Å². The molecule has 0 bridgehead atoms. The summed E-state index contributed by atoms with van der Waals surface area (Å²) in [6.07, 6.45) is -2.13. The van der Waals surface area contributed by atoms with Crippen molar-refractivity contribution in [3.05, 3.63) is 28.8 Å². The SMILES string of the molecule is Cc1cnc(F)c(CC#N)c1C(F)F. The van der Waals surface area contributed by atoms with E-state index < -0.39 is 17.9 Å². The van der Waals surface area contributed by atoms with E-state index in [0.717, 1.165) is 6.20 Å². The molecule has 1 heterocycles. The van der Waals surface area contributed by atoms with Crippen molar-refractivity contribution in [2.24, 2.45) is 0 Å². The van der Waals surface area contributed by atoms with E-state index in [0.29, 0.717) is 0 Å². The van der Waals surface area contributed by atoms with Crippen LogP contribution in [0.25, 0.3) is 0 Å². The smallest absolute Gasteiger partial charge is 0.228 e. The van der Waals surface area contributed by atoms with E-state index >= 15 is 0 Å². The molecule has 2 nitrogen and oxygen atoms in total. The number of nitriles is 1. The average Bonchev–Trinajstić information content (AvgIpc) is 2.11. The van der Waals surface area contributed by atoms with Gasteiger partial charge in [-0.15, -0.1) is 0 Å². The van der Waals surface area contributed by atoms with Gasteiger partial charge < -0.3 is 0 Å². The Kier molecular flexibility index (Phi) is 3.07. The molecular formula is C9H7F3N2. The Morgan fingerprint density at radius 1 is 1.57 bits per heavy atom. The molecule has 0 atom stereocenters. The topological polar surface area (TPSA) is 36.7 Å². The predicted molar refractivity (Wildman–Crippen MR) is 43.2 cm³/mol. The van der Waals surface area contributed by atoms with Crippen molar-refractivity contribution in [3.63, 3.8) is 0 Å². The molecule has 0 aliphatic heterocycles. The quantitative estimate of drug-likeness (QED) is 0.688. The maximum absolute atomic E-state index is 13.0. The van der Waals surface area contributed by atoms with E-state index in [1.807, 2.05) is 0 Å². The van der Waals surface area contributed by atoms with Gasteiger partial charge in [0.25, 0.3) is 6.43 Å². The Morgan fingerprint density at radius 2 is 2.21 bits per heavy atom. The lowest BCUT2D eigenvalue weighted by atomic mass is 10.0. The van der Waals surface area contributed by atoms with Crippen molar-refractivity contribution in [2.75, 3.05) is 0 Å². The van der Waals surface area contributed by atoms with Crippen LogP contribution in [-0.4, -0.2) is 4.98 Å². The second kappa shape index (κ2) is 4.09. The van der Waals surface area contributed by atoms with E-state index in [1.165, 1.54) is 6.92 Å². The maximum atomic E-state index is 13.0. The first-order chi connectivity index (χ1) is 6.57. The van der Waals surface area contributed by atoms with Gasteiger partial charge in [-0.1, -0.05) is 0 Å². The molecule has 0 amide bonds. The van der Waals surface area contributed by atoms with Crippen molar-refractivity contribution in [1.29, 1.82) is 5.26 Å². The molecule has 1 aromatic rings. The highest BCUT2D eigenvalue weighted by molar-refractivity contribution is 5.34. The van der Waals surface area contributed by atoms with Crippen molar-refractivity contribution in [3.8, 4) is 6.07 Å². The van der Waals surface area contributed by atoms with Crippen LogP contribution in [0.2, 0.25) is 0 Å². The number of aryl methyl sites for hydroxylation is 1. The minimum atomic E-state index is -2.78. The fraction of sp³-hybridized carbons (Fsp3) is 0.333. The largest absolute Gasteiger partial charge is 0.264 e. The van der Waals surface area contributed by atoms with Crippen LogP contribution in [-0.2, 0) is 6.42 Å². The summed E-state index contributed by atoms with van der Waals surface area (Å²) in [5, 5.41) is 8.35. The van der Waals surface area contributed by atoms with Gasteiger partial charge in [0.2, 0.25) is 5.95 Å². The molecule has 0 radical (unpaired) electrons. The van der Waals surface area contributed by atoms with Gasteiger partial charge in [-0.3, -0.25) is 0 Å². The highest BCUT2D eigenvalue weighted by atomic mass is 19.3. The summed E-state index contributed by atoms with van der Waals surface area (Å²) in [5.41, 5.74) is -0.520. The highest BCUT2D eigenvalue weighted by Crippen LogP contribution is 2.27. The second-order valence-electron chi connectivity index (χ2n) is 2.76. The van der Waals surface area contributed by atoms with Gasteiger partial charge in [0.1, 0.15) is 0 Å². The van der Waals surface area contributed by atoms with Gasteiger partial charge in [0.05, 0.1) is 12.5 Å². The molecule has 5 heteroatoms. The van der Waals surface area contributed by atoms with Crippen LogP contribution in [0.3, 0.4) is 0 Å². The summed E-state index contributed by atoms with van der Waals surface area (Å²) in [6.45, 7) is 1.41. The molecule has 0 saturated heterocycles. The Morgan fingerprint density at radius 3 is 2.71 bits per heavy atom. The van der Waals surface area contributed by atoms with Gasteiger partial charge >= 0.3 is 0 Å². The van der Waals surface area contributed by atoms with Crippen molar-refractivity contribution in [2.45, 2.75) is 19.8 Å². The molecular weight excluding hydrogens is 193 g/mol. The summed E-state index contributed by atoms with van der Waals surface area (Å²) in [4.78, 5) is 3.29. The maximum Gasteiger partial charge on any atom is 0.264 e. The molecule has 0 fully saturated rings. The van der Waals surface area contributed by atoms with Crippen molar-refractivity contribution >= 4 is 0 Å². The molecule has 0 N–H and O–H groups in total. The van der Waals surface area contributed by atoms with Crippen LogP contribution in [0.4, 0.5) is 13.2 Å². The number of alkyl halides is 2. The van der Waals surface area contributed by atoms with Crippen LogP contribution in [0.15, 0.2) is 6.20 Å². The van der Waals surface area contributed by atoms with Crippen molar-refractivity contribution in [1.82, 2.24) is 4.98 Å². The van der Waals surface area contributed by atoms with Gasteiger partial charge in [0.15, 0.2) is 0 Å². The third kappa shape index (κ3) is 1.84. The molecule has 0 unspecified atom stereocenters. The van der Waals surface area contributed by atoms with E-state index in [-0.39, 0.29) is 17.5 Å². The van der Waals surface area contributed by atoms with Crippen LogP contribution < -0.4 is 0 Å². The lowest BCUT2D eigenvalue weighted by Crippen LogP contribution is -2.03. The number of hydrogen-bond acceptors (Lipinski definition) is 2. The fourth-order valence-electron chi connectivity index (χ4n) is 1.20. The number of halogens is 3. The van der Waals surface area contributed by atoms with Crippen LogP contribution >= 0.6 is 0 Å². The fourth-order valence-corrected chi connectivity index (χ4v) is 1.20. The molecule has 0 aromatic carbocycles. The summed E-state index contributed by atoms with van der Waals surface area (Å²) < 4.78 is 38.0. The first kappa shape index (κ1) is 10.5. The summed E-state index contributed by atoms with van der Waals surface area (Å²) in [5.74, 6) is -0.993. The van der Waals surface area contributed by atoms with Crippen LogP contribution in [0.1, 0.15) is 23.1 Å². The Balaban J connectivity index is 3.35. The van der Waals surface area contributed by atoms with Gasteiger partial charge in [-0.25, -0.2) is 13.8 Å². The summed E-state index contributed by atoms with van der Waals surface area (Å²) in [7, 11) is 0. The zero-order valence-electron chi connectivity index (χ0n) is 7.39. The number of pyridine rings is 1. The Labute approximate surface area is 79.0 Å². The Bertz CT molecular complexity index is 382. The molecule has 1 aromatic heterocycles. The van der Waals surface area contributed by atoms with E-state index in [1.54, 1.807) is 6.07 Å². The van der Waals surface area contributed by atoms with E-state index in [2.05, 4.69) is 4.98 Å². The number of rotatable bonds is 2. The predicted octanol–water partition coefficient (Wildman–Crippen LogP) is 2.53. The van der Waals surface area contributed by atoms with Gasteiger partial charge in [0, 0.05) is 17.3 Å². The summed E-state index contributed by atoms with van der Waals surface area (Å²) >= 11 is 0. The third-order valence-electron chi connectivity index (χ3n) is 1.84. The average molecular weight is 200 g/mol. The zero-order chi connectivity index (χ0) is 10.7. The third-order valence-corrected chi connectivity index (χ3v) is 1.84. The number of aromatic nitrogens is 1. The van der Waals surface area contributed by atoms with E-state index in [4.69, 9.17) is 5.26 Å². The molecule has 74 valence electrons. The minimum Gasteiger partial charge on any atom is -0.228 e. The van der Waals surface area contributed by atoms with Gasteiger partial charge in [-0.2, -0.15) is 9.65 Å². The molecule has 1 rings (SSSR count). The number of nitrogens with zero attached hydrogens (tertiary/aromatic N) is 2. The zero-order valence-corrected chi connectivity index (χ0v) is 7.39. The lowest BCUT2D eigenvalue weighted by molar-refractivity contribution is 0.148. The summed E-state index contributed by atoms with van der Waals surface area (Å²) in [6, 6.07) is 1.63. The molecule has 0 spiro atoms. The van der Waals surface area contributed by atoms with E-state index in [9.17, 15) is 13.2 Å². The standard InChI is InChI=1S/C9H7F3N2/c1-5-4-14-9(12)6(2-3-13)7(5)8(10)11/h4,8H,2H2,1H3. The second-order valence-corrected chi connectivity index (χ2v) is 2.76. The van der Waals surface area contributed by atoms with Crippen molar-refractivity contribution < 1.29 is 13.2 Å². The first-order valence-corrected chi connectivity index (χ1v) is 3.87. The normalized spacial score (nSPS) is 10.3. The number of hydrogen-bond donors (Lipinski definition) is 0. The molecule has 0 aliphatic carbocycles. The minimum absolute atomic E-state index is 0.201. The molecule has 0 aliphatic rings. The highest BCUT2D eigenvalue weighted by Gasteiger charge is 2.19. The van der Waals surface area contributed by atoms with Gasteiger partial charge in [-0.05, 0) is 12.5 Å².